The molecule has 2 amide bonds. The number of amides is 2. The number of pyridine rings is 1. The first kappa shape index (κ1) is 28.7. The summed E-state index contributed by atoms with van der Waals surface area (Å²) in [5.74, 6) is 0.232. The van der Waals surface area contributed by atoms with Crippen LogP contribution in [0.25, 0.3) is 0 Å². The van der Waals surface area contributed by atoms with Gasteiger partial charge >= 0.3 is 16.3 Å². The summed E-state index contributed by atoms with van der Waals surface area (Å²) in [7, 11) is -0.710. The van der Waals surface area contributed by atoms with Crippen LogP contribution in [0, 0.1) is 22.7 Å². The van der Waals surface area contributed by atoms with Crippen LogP contribution in [0.15, 0.2) is 24.4 Å². The van der Waals surface area contributed by atoms with Crippen LogP contribution in [0.3, 0.4) is 0 Å². The number of hydrogen-bond donors (Lipinski definition) is 0. The Balaban J connectivity index is 1.53. The van der Waals surface area contributed by atoms with Crippen LogP contribution in [0.4, 0.5) is 10.6 Å². The highest BCUT2D eigenvalue weighted by atomic mass is 32.2. The number of piperidine rings is 2. The smallest absolute Gasteiger partial charge is 0.410 e. The summed E-state index contributed by atoms with van der Waals surface area (Å²) in [4.78, 5) is 33.2. The molecule has 0 atom stereocenters. The lowest BCUT2D eigenvalue weighted by atomic mass is 9.78. The Morgan fingerprint density at radius 1 is 1.14 bits per heavy atom. The van der Waals surface area contributed by atoms with Gasteiger partial charge in [-0.15, -0.1) is 0 Å². The Bertz CT molecular complexity index is 1100. The lowest BCUT2D eigenvalue weighted by Gasteiger charge is -2.41. The van der Waals surface area contributed by atoms with Gasteiger partial charge in [-0.05, 0) is 64.5 Å². The molecule has 11 nitrogen and oxygen atoms in total. The van der Waals surface area contributed by atoms with Crippen LogP contribution >= 0.6 is 0 Å². The summed E-state index contributed by atoms with van der Waals surface area (Å²) in [6.45, 7) is 7.23. The summed E-state index contributed by atoms with van der Waals surface area (Å²) < 4.78 is 33.9. The van der Waals surface area contributed by atoms with E-state index in [1.165, 1.54) is 11.4 Å². The first-order chi connectivity index (χ1) is 17.3. The van der Waals surface area contributed by atoms with Crippen LogP contribution in [-0.2, 0) is 19.7 Å². The minimum atomic E-state index is -3.74. The Kier molecular flexibility index (Phi) is 8.70. The molecule has 12 heteroatoms. The fourth-order valence-electron chi connectivity index (χ4n) is 4.72. The molecule has 204 valence electrons. The largest absolute Gasteiger partial charge is 0.444 e. The Morgan fingerprint density at radius 2 is 1.76 bits per heavy atom. The molecule has 1 aromatic heterocycles. The number of ether oxygens (including phenoxy) is 1. The van der Waals surface area contributed by atoms with Gasteiger partial charge in [0.25, 0.3) is 0 Å². The highest BCUT2D eigenvalue weighted by molar-refractivity contribution is 7.90. The average Bonchev–Trinajstić information content (AvgIpc) is 2.87. The summed E-state index contributed by atoms with van der Waals surface area (Å²) >= 11 is 0. The zero-order chi connectivity index (χ0) is 27.4. The van der Waals surface area contributed by atoms with Crippen molar-refractivity contribution in [2.75, 3.05) is 51.1 Å². The zero-order valence-corrected chi connectivity index (χ0v) is 23.2. The number of anilines is 1. The first-order valence-electron chi connectivity index (χ1n) is 12.6. The molecule has 2 saturated heterocycles. The normalized spacial score (nSPS) is 18.8. The van der Waals surface area contributed by atoms with Crippen LogP contribution in [0.2, 0.25) is 0 Å². The minimum absolute atomic E-state index is 0.0907. The van der Waals surface area contributed by atoms with E-state index >= 15 is 0 Å². The molecule has 3 heterocycles. The second-order valence-electron chi connectivity index (χ2n) is 10.8. The number of likely N-dealkylation sites (tertiary alicyclic amines) is 2. The third-order valence-corrected chi connectivity index (χ3v) is 8.84. The van der Waals surface area contributed by atoms with Gasteiger partial charge in [0.1, 0.15) is 16.8 Å². The second kappa shape index (κ2) is 11.2. The fraction of sp³-hybridized carbons (Fsp3) is 0.680. The van der Waals surface area contributed by atoms with E-state index in [1.807, 2.05) is 0 Å². The van der Waals surface area contributed by atoms with Gasteiger partial charge in [0.15, 0.2) is 0 Å². The monoisotopic (exact) mass is 534 g/mol. The van der Waals surface area contributed by atoms with Crippen molar-refractivity contribution in [1.29, 1.82) is 5.26 Å². The van der Waals surface area contributed by atoms with Gasteiger partial charge in [0.2, 0.25) is 5.91 Å². The molecule has 3 rings (SSSR count). The maximum absolute atomic E-state index is 13.4. The lowest BCUT2D eigenvalue weighted by Crippen LogP contribution is -2.53. The van der Waals surface area contributed by atoms with E-state index < -0.39 is 27.3 Å². The third kappa shape index (κ3) is 6.70. The second-order valence-corrected chi connectivity index (χ2v) is 12.9. The maximum Gasteiger partial charge on any atom is 0.410 e. The Morgan fingerprint density at radius 3 is 2.27 bits per heavy atom. The fourth-order valence-corrected chi connectivity index (χ4v) is 5.88. The third-order valence-electron chi connectivity index (χ3n) is 7.02. The van der Waals surface area contributed by atoms with Crippen LogP contribution < -0.4 is 4.31 Å². The van der Waals surface area contributed by atoms with Crippen LogP contribution in [0.1, 0.15) is 46.5 Å². The standard InChI is InChI=1S/C25H38N6O5S/c1-24(2,3)36-23(33)31-16-11-25(19-26,12-17-31)22(32)30-14-9-20(10-15-30)18-28(4)37(34,35)29(5)21-8-6-7-13-27-21/h6-8,13,20H,9-12,14-18H2,1-5H3. The van der Waals surface area contributed by atoms with E-state index in [1.54, 1.807) is 62.0 Å². The molecule has 0 unspecified atom stereocenters. The molecular formula is C25H38N6O5S. The zero-order valence-electron chi connectivity index (χ0n) is 22.4. The number of nitrogens with zero attached hydrogens (tertiary/aromatic N) is 6. The summed E-state index contributed by atoms with van der Waals surface area (Å²) in [6.07, 6.45) is 2.93. The number of hydrogen-bond acceptors (Lipinski definition) is 7. The summed E-state index contributed by atoms with van der Waals surface area (Å²) in [5, 5.41) is 9.95. The molecule has 2 aliphatic rings. The van der Waals surface area contributed by atoms with Crippen molar-refractivity contribution in [1.82, 2.24) is 19.1 Å². The van der Waals surface area contributed by atoms with Gasteiger partial charge in [-0.1, -0.05) is 6.07 Å². The van der Waals surface area contributed by atoms with E-state index in [2.05, 4.69) is 11.1 Å². The SMILES string of the molecule is CN(CC1CCN(C(=O)C2(C#N)CCN(C(=O)OC(C)(C)C)CC2)CC1)S(=O)(=O)N(C)c1ccccn1. The van der Waals surface area contributed by atoms with Crippen molar-refractivity contribution < 1.29 is 22.7 Å². The predicted octanol–water partition coefficient (Wildman–Crippen LogP) is 2.47. The van der Waals surface area contributed by atoms with Gasteiger partial charge in [-0.2, -0.15) is 18.0 Å². The van der Waals surface area contributed by atoms with Crippen LogP contribution in [0.5, 0.6) is 0 Å². The quantitative estimate of drug-likeness (QED) is 0.549. The molecule has 37 heavy (non-hydrogen) atoms. The summed E-state index contributed by atoms with van der Waals surface area (Å²) in [6, 6.07) is 7.34. The highest BCUT2D eigenvalue weighted by Crippen LogP contribution is 2.35. The minimum Gasteiger partial charge on any atom is -0.444 e. The van der Waals surface area contributed by atoms with E-state index in [4.69, 9.17) is 4.74 Å². The topological polar surface area (TPSA) is 127 Å². The molecular weight excluding hydrogens is 496 g/mol. The van der Waals surface area contributed by atoms with Gasteiger partial charge in [-0.3, -0.25) is 4.79 Å². The molecule has 0 aromatic carbocycles. The van der Waals surface area contributed by atoms with Crippen LogP contribution in [-0.4, -0.2) is 91.9 Å². The Labute approximate surface area is 220 Å². The molecule has 0 aliphatic carbocycles. The Hall–Kier alpha value is -2.91. The number of carbonyl (C=O) groups excluding carboxylic acids is 2. The molecule has 2 fully saturated rings. The van der Waals surface area contributed by atoms with Gasteiger partial charge in [0, 0.05) is 53.0 Å². The number of rotatable bonds is 6. The van der Waals surface area contributed by atoms with E-state index in [-0.39, 0.29) is 37.8 Å². The van der Waals surface area contributed by atoms with Crippen molar-refractivity contribution >= 4 is 28.0 Å². The number of aromatic nitrogens is 1. The van der Waals surface area contributed by atoms with Crippen molar-refractivity contribution in [2.24, 2.45) is 11.3 Å². The molecule has 2 aliphatic heterocycles. The summed E-state index contributed by atoms with van der Waals surface area (Å²) in [5.41, 5.74) is -1.76. The van der Waals surface area contributed by atoms with Gasteiger partial charge in [0.05, 0.1) is 6.07 Å². The molecule has 0 saturated carbocycles. The maximum atomic E-state index is 13.4. The van der Waals surface area contributed by atoms with Crippen molar-refractivity contribution in [3.05, 3.63) is 24.4 Å². The molecule has 1 aromatic rings. The van der Waals surface area contributed by atoms with Gasteiger partial charge in [-0.25, -0.2) is 14.1 Å². The predicted molar refractivity (Wildman–Crippen MR) is 139 cm³/mol. The van der Waals surface area contributed by atoms with Crippen molar-refractivity contribution in [3.8, 4) is 6.07 Å². The van der Waals surface area contributed by atoms with Crippen molar-refractivity contribution in [2.45, 2.75) is 52.1 Å². The van der Waals surface area contributed by atoms with Crippen molar-refractivity contribution in [3.63, 3.8) is 0 Å². The van der Waals surface area contributed by atoms with E-state index in [0.29, 0.717) is 38.3 Å². The molecule has 0 spiro atoms. The number of carbonyl (C=O) groups is 2. The van der Waals surface area contributed by atoms with E-state index in [0.717, 1.165) is 4.31 Å². The molecule has 0 radical (unpaired) electrons. The average molecular weight is 535 g/mol. The first-order valence-corrected chi connectivity index (χ1v) is 14.0. The lowest BCUT2D eigenvalue weighted by molar-refractivity contribution is -0.142. The molecule has 0 N–H and O–H groups in total. The van der Waals surface area contributed by atoms with Gasteiger partial charge < -0.3 is 14.5 Å². The molecule has 0 bridgehead atoms. The highest BCUT2D eigenvalue weighted by Gasteiger charge is 2.46. The number of nitriles is 1. The van der Waals surface area contributed by atoms with E-state index in [9.17, 15) is 23.3 Å².